The van der Waals surface area contributed by atoms with E-state index in [1.807, 2.05) is 19.1 Å². The van der Waals surface area contributed by atoms with Crippen LogP contribution in [-0.2, 0) is 12.2 Å². The van der Waals surface area contributed by atoms with Crippen LogP contribution >= 0.6 is 34.9 Å². The Kier molecular flexibility index (Phi) is 4.25. The fourth-order valence-electron chi connectivity index (χ4n) is 1.28. The number of nitrogens with zero attached hydrogens (tertiary/aromatic N) is 2. The van der Waals surface area contributed by atoms with Crippen LogP contribution in [0.5, 0.6) is 0 Å². The molecular formula is C11H12ClN3S2. The second-order valence-electron chi connectivity index (χ2n) is 3.46. The van der Waals surface area contributed by atoms with Gasteiger partial charge in [-0.1, -0.05) is 36.4 Å². The SMILES string of the molecule is CCc1nsc(SCc2ccc(Cl)cc2N)n1. The lowest BCUT2D eigenvalue weighted by Crippen LogP contribution is -1.92. The summed E-state index contributed by atoms with van der Waals surface area (Å²) in [5, 5.41) is 0.667. The molecule has 0 amide bonds. The lowest BCUT2D eigenvalue weighted by atomic mass is 10.2. The van der Waals surface area contributed by atoms with E-state index in [-0.39, 0.29) is 0 Å². The molecule has 2 rings (SSSR count). The number of nitrogen functional groups attached to an aromatic ring is 1. The molecule has 2 aromatic rings. The molecule has 0 bridgehead atoms. The van der Waals surface area contributed by atoms with Gasteiger partial charge in [0.05, 0.1) is 0 Å². The molecule has 0 radical (unpaired) electrons. The van der Waals surface area contributed by atoms with Gasteiger partial charge >= 0.3 is 0 Å². The Bertz CT molecular complexity index is 513. The number of aryl methyl sites for hydroxylation is 1. The van der Waals surface area contributed by atoms with Crippen molar-refractivity contribution in [2.75, 3.05) is 5.73 Å². The number of rotatable bonds is 4. The highest BCUT2D eigenvalue weighted by molar-refractivity contribution is 8.00. The molecule has 0 saturated carbocycles. The maximum absolute atomic E-state index is 5.89. The number of nitrogens with two attached hydrogens (primary N) is 1. The van der Waals surface area contributed by atoms with Gasteiger partial charge < -0.3 is 5.73 Å². The van der Waals surface area contributed by atoms with Crippen LogP contribution in [0.25, 0.3) is 0 Å². The highest BCUT2D eigenvalue weighted by atomic mass is 35.5. The van der Waals surface area contributed by atoms with Gasteiger partial charge in [-0.25, -0.2) is 4.98 Å². The molecule has 0 atom stereocenters. The predicted molar refractivity (Wildman–Crippen MR) is 74.7 cm³/mol. The van der Waals surface area contributed by atoms with Gasteiger partial charge in [0.1, 0.15) is 5.82 Å². The Hall–Kier alpha value is -0.780. The molecule has 0 aliphatic heterocycles. The van der Waals surface area contributed by atoms with Crippen LogP contribution in [0.4, 0.5) is 5.69 Å². The molecule has 1 heterocycles. The number of hydrogen-bond acceptors (Lipinski definition) is 5. The zero-order valence-corrected chi connectivity index (χ0v) is 11.7. The lowest BCUT2D eigenvalue weighted by Gasteiger charge is -2.03. The van der Waals surface area contributed by atoms with Crippen LogP contribution in [0.1, 0.15) is 18.3 Å². The molecule has 90 valence electrons. The van der Waals surface area contributed by atoms with E-state index in [1.54, 1.807) is 17.8 Å². The summed E-state index contributed by atoms with van der Waals surface area (Å²) in [6, 6.07) is 5.58. The van der Waals surface area contributed by atoms with Gasteiger partial charge in [0.2, 0.25) is 0 Å². The van der Waals surface area contributed by atoms with Crippen LogP contribution in [0.3, 0.4) is 0 Å². The number of anilines is 1. The first kappa shape index (κ1) is 12.7. The minimum atomic E-state index is 0.667. The van der Waals surface area contributed by atoms with Crippen molar-refractivity contribution in [3.8, 4) is 0 Å². The quantitative estimate of drug-likeness (QED) is 0.688. The molecule has 0 saturated heterocycles. The van der Waals surface area contributed by atoms with Gasteiger partial charge in [0.15, 0.2) is 4.34 Å². The molecule has 0 fully saturated rings. The maximum atomic E-state index is 5.89. The summed E-state index contributed by atoms with van der Waals surface area (Å²) in [6.45, 7) is 2.05. The summed E-state index contributed by atoms with van der Waals surface area (Å²) in [6.07, 6.45) is 0.875. The molecule has 2 N–H and O–H groups in total. The third-order valence-electron chi connectivity index (χ3n) is 2.22. The van der Waals surface area contributed by atoms with Crippen molar-refractivity contribution in [3.05, 3.63) is 34.6 Å². The van der Waals surface area contributed by atoms with E-state index < -0.39 is 0 Å². The molecule has 0 aliphatic carbocycles. The molecule has 0 unspecified atom stereocenters. The number of benzene rings is 1. The molecule has 0 aliphatic rings. The van der Waals surface area contributed by atoms with Gasteiger partial charge in [0, 0.05) is 22.9 Å². The maximum Gasteiger partial charge on any atom is 0.170 e. The first-order chi connectivity index (χ1) is 8.19. The van der Waals surface area contributed by atoms with Crippen LogP contribution < -0.4 is 5.73 Å². The average Bonchev–Trinajstić information content (AvgIpc) is 2.76. The third kappa shape index (κ3) is 3.34. The van der Waals surface area contributed by atoms with Crippen LogP contribution in [0, 0.1) is 0 Å². The first-order valence-corrected chi connectivity index (χ1v) is 7.32. The van der Waals surface area contributed by atoms with Crippen molar-refractivity contribution in [3.63, 3.8) is 0 Å². The summed E-state index contributed by atoms with van der Waals surface area (Å²) in [7, 11) is 0. The van der Waals surface area contributed by atoms with E-state index in [4.69, 9.17) is 17.3 Å². The van der Waals surface area contributed by atoms with Gasteiger partial charge in [0.25, 0.3) is 0 Å². The minimum absolute atomic E-state index is 0.667. The second kappa shape index (κ2) is 5.71. The van der Waals surface area contributed by atoms with E-state index in [0.717, 1.165) is 33.6 Å². The Labute approximate surface area is 114 Å². The summed E-state index contributed by atoms with van der Waals surface area (Å²) in [4.78, 5) is 4.39. The number of thioether (sulfide) groups is 1. The van der Waals surface area contributed by atoms with E-state index in [2.05, 4.69) is 9.36 Å². The van der Waals surface area contributed by atoms with E-state index in [9.17, 15) is 0 Å². The lowest BCUT2D eigenvalue weighted by molar-refractivity contribution is 0.971. The Morgan fingerprint density at radius 3 is 2.94 bits per heavy atom. The Balaban J connectivity index is 2.02. The molecule has 1 aromatic heterocycles. The normalized spacial score (nSPS) is 10.7. The standard InChI is InChI=1S/C11H12ClN3S2/c1-2-10-14-11(17-15-10)16-6-7-3-4-8(12)5-9(7)13/h3-5H,2,6,13H2,1H3. The van der Waals surface area contributed by atoms with Gasteiger partial charge in [-0.15, -0.1) is 0 Å². The fraction of sp³-hybridized carbons (Fsp3) is 0.273. The van der Waals surface area contributed by atoms with Crippen molar-refractivity contribution in [1.29, 1.82) is 0 Å². The zero-order chi connectivity index (χ0) is 12.3. The zero-order valence-electron chi connectivity index (χ0n) is 9.31. The molecule has 6 heteroatoms. The van der Waals surface area contributed by atoms with E-state index >= 15 is 0 Å². The largest absolute Gasteiger partial charge is 0.398 e. The molecular weight excluding hydrogens is 274 g/mol. The number of halogens is 1. The molecule has 3 nitrogen and oxygen atoms in total. The van der Waals surface area contributed by atoms with Crippen molar-refractivity contribution in [1.82, 2.24) is 9.36 Å². The van der Waals surface area contributed by atoms with Crippen LogP contribution in [-0.4, -0.2) is 9.36 Å². The van der Waals surface area contributed by atoms with Crippen molar-refractivity contribution >= 4 is 40.6 Å². The first-order valence-electron chi connectivity index (χ1n) is 5.18. The fourth-order valence-corrected chi connectivity index (χ4v) is 3.17. The van der Waals surface area contributed by atoms with Crippen molar-refractivity contribution in [2.45, 2.75) is 23.4 Å². The predicted octanol–water partition coefficient (Wildman–Crippen LogP) is 3.63. The highest BCUT2D eigenvalue weighted by Gasteiger charge is 2.05. The van der Waals surface area contributed by atoms with E-state index in [0.29, 0.717) is 5.02 Å². The summed E-state index contributed by atoms with van der Waals surface area (Å²) in [5.41, 5.74) is 7.69. The van der Waals surface area contributed by atoms with E-state index in [1.165, 1.54) is 11.5 Å². The summed E-state index contributed by atoms with van der Waals surface area (Å²) in [5.74, 6) is 1.70. The average molecular weight is 286 g/mol. The monoisotopic (exact) mass is 285 g/mol. The smallest absolute Gasteiger partial charge is 0.170 e. The van der Waals surface area contributed by atoms with Crippen molar-refractivity contribution in [2.24, 2.45) is 0 Å². The minimum Gasteiger partial charge on any atom is -0.398 e. The number of aromatic nitrogens is 2. The van der Waals surface area contributed by atoms with Crippen LogP contribution in [0.15, 0.2) is 22.5 Å². The summed E-state index contributed by atoms with van der Waals surface area (Å²) >= 11 is 8.94. The highest BCUT2D eigenvalue weighted by Crippen LogP contribution is 2.28. The van der Waals surface area contributed by atoms with Crippen LogP contribution in [0.2, 0.25) is 5.02 Å². The van der Waals surface area contributed by atoms with Gasteiger partial charge in [-0.05, 0) is 29.2 Å². The number of hydrogen-bond donors (Lipinski definition) is 1. The summed E-state index contributed by atoms with van der Waals surface area (Å²) < 4.78 is 5.22. The topological polar surface area (TPSA) is 51.8 Å². The van der Waals surface area contributed by atoms with Gasteiger partial charge in [-0.2, -0.15) is 4.37 Å². The molecule has 1 aromatic carbocycles. The Morgan fingerprint density at radius 2 is 2.29 bits per heavy atom. The molecule has 17 heavy (non-hydrogen) atoms. The molecule has 0 spiro atoms. The van der Waals surface area contributed by atoms with Crippen molar-refractivity contribution < 1.29 is 0 Å². The van der Waals surface area contributed by atoms with Gasteiger partial charge in [-0.3, -0.25) is 0 Å². The third-order valence-corrected chi connectivity index (χ3v) is 4.38. The second-order valence-corrected chi connectivity index (χ2v) is 5.87. The Morgan fingerprint density at radius 1 is 1.47 bits per heavy atom.